The zero-order chi connectivity index (χ0) is 12.7. The number of esters is 1. The van der Waals surface area contributed by atoms with Crippen molar-refractivity contribution in [1.82, 2.24) is 0 Å². The zero-order valence-corrected chi connectivity index (χ0v) is 9.39. The molecule has 3 N–H and O–H groups in total. The van der Waals surface area contributed by atoms with Crippen LogP contribution >= 0.6 is 0 Å². The third-order valence-electron chi connectivity index (χ3n) is 2.16. The van der Waals surface area contributed by atoms with E-state index in [4.69, 9.17) is 15.6 Å². The number of benzene rings is 1. The van der Waals surface area contributed by atoms with E-state index in [1.165, 1.54) is 0 Å². The van der Waals surface area contributed by atoms with Gasteiger partial charge < -0.3 is 15.6 Å². The molecule has 1 aromatic rings. The maximum Gasteiger partial charge on any atom is 0.338 e. The van der Waals surface area contributed by atoms with Crippen LogP contribution in [-0.4, -0.2) is 23.7 Å². The molecule has 0 radical (unpaired) electrons. The number of carboxylic acid groups (broad SMARTS) is 1. The largest absolute Gasteiger partial charge is 0.481 e. The Morgan fingerprint density at radius 2 is 1.82 bits per heavy atom. The highest BCUT2D eigenvalue weighted by molar-refractivity contribution is 5.89. The van der Waals surface area contributed by atoms with E-state index >= 15 is 0 Å². The van der Waals surface area contributed by atoms with Gasteiger partial charge in [0.25, 0.3) is 0 Å². The number of hydrogen-bond donors (Lipinski definition) is 2. The molecule has 0 saturated heterocycles. The summed E-state index contributed by atoms with van der Waals surface area (Å²) in [5.74, 6) is -1.25. The summed E-state index contributed by atoms with van der Waals surface area (Å²) in [6.45, 7) is 0.233. The highest BCUT2D eigenvalue weighted by atomic mass is 16.5. The molecular weight excluding hydrogens is 222 g/mol. The monoisotopic (exact) mass is 237 g/mol. The Kier molecular flexibility index (Phi) is 5.00. The van der Waals surface area contributed by atoms with Crippen molar-refractivity contribution in [2.24, 2.45) is 0 Å². The number of aliphatic carboxylic acids is 1. The maximum absolute atomic E-state index is 11.5. The van der Waals surface area contributed by atoms with Gasteiger partial charge in [0.15, 0.2) is 0 Å². The van der Waals surface area contributed by atoms with Gasteiger partial charge in [0.2, 0.25) is 0 Å². The lowest BCUT2D eigenvalue weighted by Crippen LogP contribution is -2.07. The summed E-state index contributed by atoms with van der Waals surface area (Å²) in [5, 5.41) is 8.41. The number of carbonyl (C=O) groups is 2. The Balaban J connectivity index is 2.25. The number of ether oxygens (including phenoxy) is 1. The first kappa shape index (κ1) is 13.0. The molecule has 0 spiro atoms. The molecule has 0 amide bonds. The molecule has 5 heteroatoms. The van der Waals surface area contributed by atoms with E-state index in [-0.39, 0.29) is 13.0 Å². The van der Waals surface area contributed by atoms with Crippen molar-refractivity contribution < 1.29 is 19.4 Å². The van der Waals surface area contributed by atoms with E-state index < -0.39 is 11.9 Å². The molecule has 0 aliphatic heterocycles. The van der Waals surface area contributed by atoms with Gasteiger partial charge in [-0.15, -0.1) is 0 Å². The molecule has 0 saturated carbocycles. The van der Waals surface area contributed by atoms with Gasteiger partial charge in [0.05, 0.1) is 12.2 Å². The molecular formula is C12H15NO4. The molecule has 0 fully saturated rings. The van der Waals surface area contributed by atoms with E-state index in [1.54, 1.807) is 24.3 Å². The summed E-state index contributed by atoms with van der Waals surface area (Å²) in [5.41, 5.74) is 6.52. The Labute approximate surface area is 99.2 Å². The first-order valence-corrected chi connectivity index (χ1v) is 5.34. The summed E-state index contributed by atoms with van der Waals surface area (Å²) >= 11 is 0. The Bertz CT molecular complexity index is 386. The number of rotatable bonds is 6. The topological polar surface area (TPSA) is 89.6 Å². The van der Waals surface area contributed by atoms with Crippen molar-refractivity contribution in [3.8, 4) is 0 Å². The summed E-state index contributed by atoms with van der Waals surface area (Å²) < 4.78 is 4.98. The molecule has 0 unspecified atom stereocenters. The van der Waals surface area contributed by atoms with Crippen LogP contribution in [-0.2, 0) is 9.53 Å². The lowest BCUT2D eigenvalue weighted by atomic mass is 10.2. The first-order chi connectivity index (χ1) is 8.09. The van der Waals surface area contributed by atoms with Crippen LogP contribution in [0.25, 0.3) is 0 Å². The van der Waals surface area contributed by atoms with Crippen molar-refractivity contribution in [2.75, 3.05) is 12.3 Å². The van der Waals surface area contributed by atoms with Gasteiger partial charge in [-0.3, -0.25) is 4.79 Å². The summed E-state index contributed by atoms with van der Waals surface area (Å²) in [6, 6.07) is 6.44. The predicted octanol–water partition coefficient (Wildman–Crippen LogP) is 1.68. The fourth-order valence-electron chi connectivity index (χ4n) is 1.25. The van der Waals surface area contributed by atoms with E-state index in [2.05, 4.69) is 0 Å². The fraction of sp³-hybridized carbons (Fsp3) is 0.333. The smallest absolute Gasteiger partial charge is 0.338 e. The normalized spacial score (nSPS) is 9.88. The SMILES string of the molecule is Nc1ccc(C(=O)OCCCCC(=O)O)cc1. The highest BCUT2D eigenvalue weighted by Gasteiger charge is 2.06. The van der Waals surface area contributed by atoms with Crippen LogP contribution in [0.5, 0.6) is 0 Å². The molecule has 0 aliphatic carbocycles. The van der Waals surface area contributed by atoms with Gasteiger partial charge in [-0.25, -0.2) is 4.79 Å². The van der Waals surface area contributed by atoms with Gasteiger partial charge >= 0.3 is 11.9 Å². The molecule has 5 nitrogen and oxygen atoms in total. The van der Waals surface area contributed by atoms with Gasteiger partial charge in [0, 0.05) is 12.1 Å². The third-order valence-corrected chi connectivity index (χ3v) is 2.16. The average molecular weight is 237 g/mol. The van der Waals surface area contributed by atoms with Crippen molar-refractivity contribution in [3.05, 3.63) is 29.8 Å². The van der Waals surface area contributed by atoms with Crippen LogP contribution in [0.3, 0.4) is 0 Å². The van der Waals surface area contributed by atoms with Crippen molar-refractivity contribution in [3.63, 3.8) is 0 Å². The van der Waals surface area contributed by atoms with Crippen LogP contribution in [0.15, 0.2) is 24.3 Å². The van der Waals surface area contributed by atoms with Gasteiger partial charge in [-0.05, 0) is 37.1 Å². The Morgan fingerprint density at radius 3 is 2.41 bits per heavy atom. The number of unbranched alkanes of at least 4 members (excludes halogenated alkanes) is 1. The molecule has 1 aromatic carbocycles. The van der Waals surface area contributed by atoms with Crippen molar-refractivity contribution >= 4 is 17.6 Å². The molecule has 0 bridgehead atoms. The van der Waals surface area contributed by atoms with Crippen molar-refractivity contribution in [1.29, 1.82) is 0 Å². The molecule has 17 heavy (non-hydrogen) atoms. The minimum atomic E-state index is -0.838. The molecule has 92 valence electrons. The van der Waals surface area contributed by atoms with Crippen LogP contribution < -0.4 is 5.73 Å². The van der Waals surface area contributed by atoms with Gasteiger partial charge in [-0.1, -0.05) is 0 Å². The van der Waals surface area contributed by atoms with E-state index in [0.29, 0.717) is 24.1 Å². The van der Waals surface area contributed by atoms with E-state index in [0.717, 1.165) is 0 Å². The van der Waals surface area contributed by atoms with Crippen molar-refractivity contribution in [2.45, 2.75) is 19.3 Å². The lowest BCUT2D eigenvalue weighted by Gasteiger charge is -2.04. The first-order valence-electron chi connectivity index (χ1n) is 5.34. The minimum Gasteiger partial charge on any atom is -0.481 e. The maximum atomic E-state index is 11.5. The number of nitrogen functional groups attached to an aromatic ring is 1. The minimum absolute atomic E-state index is 0.0966. The molecule has 0 aliphatic rings. The zero-order valence-electron chi connectivity index (χ0n) is 9.39. The van der Waals surface area contributed by atoms with Crippen LogP contribution in [0.1, 0.15) is 29.6 Å². The molecule has 0 atom stereocenters. The average Bonchev–Trinajstić information content (AvgIpc) is 2.29. The second-order valence-corrected chi connectivity index (χ2v) is 3.61. The molecule has 1 rings (SSSR count). The number of hydrogen-bond acceptors (Lipinski definition) is 4. The lowest BCUT2D eigenvalue weighted by molar-refractivity contribution is -0.137. The predicted molar refractivity (Wildman–Crippen MR) is 62.6 cm³/mol. The second kappa shape index (κ2) is 6.52. The summed E-state index contributed by atoms with van der Waals surface area (Å²) in [6.07, 6.45) is 1.15. The van der Waals surface area contributed by atoms with Crippen LogP contribution in [0.2, 0.25) is 0 Å². The third kappa shape index (κ3) is 5.01. The van der Waals surface area contributed by atoms with Gasteiger partial charge in [0.1, 0.15) is 0 Å². The molecule has 0 aromatic heterocycles. The van der Waals surface area contributed by atoms with Crippen LogP contribution in [0, 0.1) is 0 Å². The Hall–Kier alpha value is -2.04. The van der Waals surface area contributed by atoms with Gasteiger partial charge in [-0.2, -0.15) is 0 Å². The summed E-state index contributed by atoms with van der Waals surface area (Å²) in [7, 11) is 0. The fourth-order valence-corrected chi connectivity index (χ4v) is 1.25. The summed E-state index contributed by atoms with van der Waals surface area (Å²) in [4.78, 5) is 21.7. The number of carboxylic acids is 1. The number of carbonyl (C=O) groups excluding carboxylic acids is 1. The quantitative estimate of drug-likeness (QED) is 0.446. The van der Waals surface area contributed by atoms with Crippen LogP contribution in [0.4, 0.5) is 5.69 Å². The second-order valence-electron chi connectivity index (χ2n) is 3.61. The number of anilines is 1. The number of nitrogens with two attached hydrogens (primary N) is 1. The Morgan fingerprint density at radius 1 is 1.18 bits per heavy atom. The van der Waals surface area contributed by atoms with E-state index in [9.17, 15) is 9.59 Å². The highest BCUT2D eigenvalue weighted by Crippen LogP contribution is 2.07. The van der Waals surface area contributed by atoms with E-state index in [1.807, 2.05) is 0 Å². The molecule has 0 heterocycles. The standard InChI is InChI=1S/C12H15NO4/c13-10-6-4-9(5-7-10)12(16)17-8-2-1-3-11(14)15/h4-7H,1-3,8,13H2,(H,14,15).